The van der Waals surface area contributed by atoms with Gasteiger partial charge >= 0.3 is 0 Å². The fraction of sp³-hybridized carbons (Fsp3) is 0.476. The van der Waals surface area contributed by atoms with Crippen molar-refractivity contribution in [2.45, 2.75) is 12.5 Å². The van der Waals surface area contributed by atoms with Gasteiger partial charge in [0.1, 0.15) is 25.1 Å². The van der Waals surface area contributed by atoms with Crippen LogP contribution >= 0.6 is 0 Å². The van der Waals surface area contributed by atoms with Crippen molar-refractivity contribution in [1.29, 1.82) is 0 Å². The summed E-state index contributed by atoms with van der Waals surface area (Å²) in [5, 5.41) is 9.17. The minimum Gasteiger partial charge on any atom is -0.491 e. The second kappa shape index (κ2) is 9.23. The van der Waals surface area contributed by atoms with Crippen LogP contribution in [-0.2, 0) is 4.74 Å². The number of morpholine rings is 1. The van der Waals surface area contributed by atoms with Crippen LogP contribution in [0.4, 0.5) is 0 Å². The van der Waals surface area contributed by atoms with E-state index >= 15 is 0 Å². The van der Waals surface area contributed by atoms with Crippen molar-refractivity contribution in [1.82, 2.24) is 9.88 Å². The molecule has 0 amide bonds. The summed E-state index contributed by atoms with van der Waals surface area (Å²) in [5.41, 5.74) is 1.67. The average molecular weight is 386 g/mol. The zero-order valence-electron chi connectivity index (χ0n) is 15.9. The standard InChI is InChI=1S/C21H26N2O5/c24-10-6-17-15-27-20-3-1-2-18(21(20)28-17)19-5-4-16(14-22-19)26-13-9-23-7-11-25-12-8-23/h1-5,14,17,24H,6-13,15H2. The Bertz CT molecular complexity index is 762. The molecule has 2 aromatic rings. The monoisotopic (exact) mass is 386 g/mol. The maximum absolute atomic E-state index is 9.17. The van der Waals surface area contributed by atoms with Crippen LogP contribution in [0.3, 0.4) is 0 Å². The summed E-state index contributed by atoms with van der Waals surface area (Å²) < 4.78 is 23.0. The molecule has 1 aromatic heterocycles. The molecule has 2 aliphatic heterocycles. The lowest BCUT2D eigenvalue weighted by atomic mass is 10.1. The van der Waals surface area contributed by atoms with Gasteiger partial charge in [-0.1, -0.05) is 6.07 Å². The van der Waals surface area contributed by atoms with Gasteiger partial charge in [0.2, 0.25) is 0 Å². The molecule has 0 bridgehead atoms. The number of para-hydroxylation sites is 1. The van der Waals surface area contributed by atoms with Gasteiger partial charge in [0.25, 0.3) is 0 Å². The van der Waals surface area contributed by atoms with Crippen LogP contribution in [-0.4, -0.2) is 73.8 Å². The molecule has 150 valence electrons. The minimum atomic E-state index is -0.151. The molecule has 7 heteroatoms. The number of aromatic nitrogens is 1. The summed E-state index contributed by atoms with van der Waals surface area (Å²) in [5.74, 6) is 2.14. The molecule has 1 N–H and O–H groups in total. The largest absolute Gasteiger partial charge is 0.491 e. The van der Waals surface area contributed by atoms with Crippen LogP contribution in [0.1, 0.15) is 6.42 Å². The van der Waals surface area contributed by atoms with Crippen LogP contribution in [0.15, 0.2) is 36.5 Å². The second-order valence-corrected chi connectivity index (χ2v) is 6.88. The van der Waals surface area contributed by atoms with Crippen molar-refractivity contribution in [3.05, 3.63) is 36.5 Å². The Morgan fingerprint density at radius 2 is 2.07 bits per heavy atom. The van der Waals surface area contributed by atoms with Crippen molar-refractivity contribution >= 4 is 0 Å². The van der Waals surface area contributed by atoms with Crippen molar-refractivity contribution in [2.24, 2.45) is 0 Å². The minimum absolute atomic E-state index is 0.0697. The Labute approximate surface area is 164 Å². The van der Waals surface area contributed by atoms with Crippen molar-refractivity contribution in [2.75, 3.05) is 52.7 Å². The number of pyridine rings is 1. The van der Waals surface area contributed by atoms with E-state index in [1.165, 1.54) is 0 Å². The molecule has 1 aromatic carbocycles. The summed E-state index contributed by atoms with van der Waals surface area (Å²) in [6.45, 7) is 5.53. The van der Waals surface area contributed by atoms with Crippen LogP contribution in [0.5, 0.6) is 17.2 Å². The highest BCUT2D eigenvalue weighted by atomic mass is 16.6. The van der Waals surface area contributed by atoms with E-state index in [-0.39, 0.29) is 12.7 Å². The quantitative estimate of drug-likeness (QED) is 0.780. The van der Waals surface area contributed by atoms with E-state index in [4.69, 9.17) is 24.1 Å². The first-order valence-corrected chi connectivity index (χ1v) is 9.76. The Balaban J connectivity index is 1.40. The maximum Gasteiger partial charge on any atom is 0.171 e. The van der Waals surface area contributed by atoms with E-state index in [2.05, 4.69) is 9.88 Å². The molecule has 1 saturated heterocycles. The zero-order valence-corrected chi connectivity index (χ0v) is 15.9. The number of rotatable bonds is 7. The SMILES string of the molecule is OCCC1COc2cccc(-c3ccc(OCCN4CCOCC4)cn3)c2O1. The molecule has 4 rings (SSSR count). The molecule has 1 atom stereocenters. The molecular formula is C21H26N2O5. The number of nitrogens with zero attached hydrogens (tertiary/aromatic N) is 2. The number of hydrogen-bond acceptors (Lipinski definition) is 7. The normalized spacial score (nSPS) is 19.4. The third-order valence-corrected chi connectivity index (χ3v) is 4.93. The highest BCUT2D eigenvalue weighted by Crippen LogP contribution is 2.40. The molecule has 0 radical (unpaired) electrons. The highest BCUT2D eigenvalue weighted by molar-refractivity contribution is 5.71. The van der Waals surface area contributed by atoms with Gasteiger partial charge < -0.3 is 24.1 Å². The lowest BCUT2D eigenvalue weighted by molar-refractivity contribution is 0.0322. The van der Waals surface area contributed by atoms with Gasteiger partial charge in [0.15, 0.2) is 11.5 Å². The van der Waals surface area contributed by atoms with Crippen molar-refractivity contribution < 1.29 is 24.1 Å². The van der Waals surface area contributed by atoms with Gasteiger partial charge in [-0.25, -0.2) is 0 Å². The van der Waals surface area contributed by atoms with Gasteiger partial charge in [-0.05, 0) is 24.3 Å². The summed E-state index contributed by atoms with van der Waals surface area (Å²) >= 11 is 0. The average Bonchev–Trinajstić information content (AvgIpc) is 2.75. The lowest BCUT2D eigenvalue weighted by Crippen LogP contribution is -2.38. The number of aliphatic hydroxyl groups excluding tert-OH is 1. The molecule has 2 aliphatic rings. The van der Waals surface area contributed by atoms with E-state index in [0.29, 0.717) is 31.1 Å². The van der Waals surface area contributed by atoms with E-state index in [9.17, 15) is 0 Å². The van der Waals surface area contributed by atoms with E-state index in [1.54, 1.807) is 6.20 Å². The van der Waals surface area contributed by atoms with Crippen LogP contribution in [0.2, 0.25) is 0 Å². The number of hydrogen-bond donors (Lipinski definition) is 1. The molecule has 7 nitrogen and oxygen atoms in total. The predicted molar refractivity (Wildman–Crippen MR) is 104 cm³/mol. The van der Waals surface area contributed by atoms with Crippen LogP contribution < -0.4 is 14.2 Å². The first-order valence-electron chi connectivity index (χ1n) is 9.76. The zero-order chi connectivity index (χ0) is 19.2. The highest BCUT2D eigenvalue weighted by Gasteiger charge is 2.24. The summed E-state index contributed by atoms with van der Waals surface area (Å²) in [6, 6.07) is 9.63. The van der Waals surface area contributed by atoms with Gasteiger partial charge in [0.05, 0.1) is 25.1 Å². The fourth-order valence-corrected chi connectivity index (χ4v) is 3.36. The summed E-state index contributed by atoms with van der Waals surface area (Å²) in [7, 11) is 0. The third kappa shape index (κ3) is 4.55. The molecule has 1 unspecified atom stereocenters. The second-order valence-electron chi connectivity index (χ2n) is 6.88. The van der Waals surface area contributed by atoms with Crippen LogP contribution in [0, 0.1) is 0 Å². The van der Waals surface area contributed by atoms with Gasteiger partial charge in [-0.15, -0.1) is 0 Å². The molecule has 0 aliphatic carbocycles. The van der Waals surface area contributed by atoms with Crippen molar-refractivity contribution in [3.8, 4) is 28.5 Å². The summed E-state index contributed by atoms with van der Waals surface area (Å²) in [4.78, 5) is 6.88. The first kappa shape index (κ1) is 19.0. The van der Waals surface area contributed by atoms with Gasteiger partial charge in [-0.2, -0.15) is 0 Å². The fourth-order valence-electron chi connectivity index (χ4n) is 3.36. The maximum atomic E-state index is 9.17. The molecule has 1 fully saturated rings. The number of ether oxygens (including phenoxy) is 4. The third-order valence-electron chi connectivity index (χ3n) is 4.93. The Kier molecular flexibility index (Phi) is 6.26. The number of aliphatic hydroxyl groups is 1. The van der Waals surface area contributed by atoms with E-state index < -0.39 is 0 Å². The molecule has 0 saturated carbocycles. The molecule has 3 heterocycles. The molecule has 28 heavy (non-hydrogen) atoms. The molecular weight excluding hydrogens is 360 g/mol. The number of benzene rings is 1. The van der Waals surface area contributed by atoms with Crippen LogP contribution in [0.25, 0.3) is 11.3 Å². The Morgan fingerprint density at radius 3 is 2.86 bits per heavy atom. The van der Waals surface area contributed by atoms with Gasteiger partial charge in [-0.3, -0.25) is 9.88 Å². The topological polar surface area (TPSA) is 73.3 Å². The number of fused-ring (bicyclic) bond motifs is 1. The van der Waals surface area contributed by atoms with Gasteiger partial charge in [0, 0.05) is 38.2 Å². The Morgan fingerprint density at radius 1 is 1.18 bits per heavy atom. The smallest absolute Gasteiger partial charge is 0.171 e. The first-order chi connectivity index (χ1) is 13.8. The van der Waals surface area contributed by atoms with E-state index in [1.807, 2.05) is 30.3 Å². The summed E-state index contributed by atoms with van der Waals surface area (Å²) in [6.07, 6.45) is 2.13. The Hall–Kier alpha value is -2.35. The van der Waals surface area contributed by atoms with E-state index in [0.717, 1.165) is 49.9 Å². The van der Waals surface area contributed by atoms with Crippen molar-refractivity contribution in [3.63, 3.8) is 0 Å². The predicted octanol–water partition coefficient (Wildman–Crippen LogP) is 1.98. The molecule has 0 spiro atoms. The lowest BCUT2D eigenvalue weighted by Gasteiger charge is -2.27.